The number of thiophene rings is 1. The van der Waals surface area contributed by atoms with E-state index in [4.69, 9.17) is 4.74 Å². The van der Waals surface area contributed by atoms with Crippen LogP contribution >= 0.6 is 11.3 Å². The van der Waals surface area contributed by atoms with Crippen LogP contribution in [0.15, 0.2) is 66.7 Å². The maximum absolute atomic E-state index is 14.0. The SMILES string of the molecule is CNC1CCC(N(Cc2ccc(OC)c(-c3ccc(C#N)cc3)c2)C(=O)c2sc3ccccc3c2O)CC1. The molecule has 0 saturated heterocycles. The van der Waals surface area contributed by atoms with Crippen LogP contribution in [0.4, 0.5) is 0 Å². The number of nitrogens with zero attached hydrogens (tertiary/aromatic N) is 2. The summed E-state index contributed by atoms with van der Waals surface area (Å²) in [7, 11) is 3.63. The number of carbonyl (C=O) groups excluding carboxylic acids is 1. The molecule has 3 aromatic carbocycles. The van der Waals surface area contributed by atoms with Crippen LogP contribution in [0, 0.1) is 11.3 Å². The van der Waals surface area contributed by atoms with E-state index in [1.165, 1.54) is 11.3 Å². The first kappa shape index (κ1) is 25.8. The van der Waals surface area contributed by atoms with Crippen molar-refractivity contribution >= 4 is 27.3 Å². The third-order valence-electron chi connectivity index (χ3n) is 7.51. The van der Waals surface area contributed by atoms with Gasteiger partial charge >= 0.3 is 0 Å². The molecule has 0 radical (unpaired) electrons. The van der Waals surface area contributed by atoms with Crippen molar-refractivity contribution in [2.75, 3.05) is 14.2 Å². The second-order valence-corrected chi connectivity index (χ2v) is 10.8. The van der Waals surface area contributed by atoms with Gasteiger partial charge < -0.3 is 20.1 Å². The summed E-state index contributed by atoms with van der Waals surface area (Å²) in [5.41, 5.74) is 3.43. The quantitative estimate of drug-likeness (QED) is 0.295. The van der Waals surface area contributed by atoms with Crippen LogP contribution < -0.4 is 10.1 Å². The van der Waals surface area contributed by atoms with E-state index in [9.17, 15) is 15.2 Å². The smallest absolute Gasteiger partial charge is 0.268 e. The van der Waals surface area contributed by atoms with E-state index in [1.807, 2.05) is 60.5 Å². The summed E-state index contributed by atoms with van der Waals surface area (Å²) in [6.07, 6.45) is 3.81. The van der Waals surface area contributed by atoms with E-state index >= 15 is 0 Å². The maximum Gasteiger partial charge on any atom is 0.268 e. The number of hydrogen-bond donors (Lipinski definition) is 2. The highest BCUT2D eigenvalue weighted by molar-refractivity contribution is 7.21. The van der Waals surface area contributed by atoms with Gasteiger partial charge in [-0.1, -0.05) is 30.3 Å². The molecular formula is C31H31N3O3S. The summed E-state index contributed by atoms with van der Waals surface area (Å²) >= 11 is 1.35. The molecular weight excluding hydrogens is 494 g/mol. The molecule has 1 aromatic heterocycles. The van der Waals surface area contributed by atoms with Crippen LogP contribution in [-0.4, -0.2) is 42.2 Å². The highest BCUT2D eigenvalue weighted by Crippen LogP contribution is 2.39. The van der Waals surface area contributed by atoms with Gasteiger partial charge in [0.1, 0.15) is 16.4 Å². The first-order valence-corrected chi connectivity index (χ1v) is 13.7. The monoisotopic (exact) mass is 525 g/mol. The second-order valence-electron chi connectivity index (χ2n) is 9.73. The third kappa shape index (κ3) is 5.10. The molecule has 0 unspecified atom stereocenters. The number of nitrogens with one attached hydrogen (secondary N) is 1. The lowest BCUT2D eigenvalue weighted by atomic mass is 9.89. The first-order valence-electron chi connectivity index (χ1n) is 12.9. The van der Waals surface area contributed by atoms with Gasteiger partial charge in [0.15, 0.2) is 0 Å². The minimum absolute atomic E-state index is 0.0671. The Morgan fingerprint density at radius 2 is 1.84 bits per heavy atom. The molecule has 38 heavy (non-hydrogen) atoms. The van der Waals surface area contributed by atoms with Gasteiger partial charge in [-0.3, -0.25) is 4.79 Å². The second kappa shape index (κ2) is 11.3. The number of carbonyl (C=O) groups is 1. The van der Waals surface area contributed by atoms with Gasteiger partial charge in [0.25, 0.3) is 5.91 Å². The van der Waals surface area contributed by atoms with Gasteiger partial charge in [0, 0.05) is 34.3 Å². The van der Waals surface area contributed by atoms with Gasteiger partial charge in [-0.2, -0.15) is 5.26 Å². The van der Waals surface area contributed by atoms with Gasteiger partial charge in [-0.05, 0) is 80.3 Å². The molecule has 4 aromatic rings. The summed E-state index contributed by atoms with van der Waals surface area (Å²) in [5, 5.41) is 24.2. The van der Waals surface area contributed by atoms with Crippen molar-refractivity contribution in [3.8, 4) is 28.7 Å². The van der Waals surface area contributed by atoms with E-state index in [2.05, 4.69) is 17.5 Å². The number of benzene rings is 3. The van der Waals surface area contributed by atoms with Crippen molar-refractivity contribution in [3.05, 3.63) is 82.7 Å². The molecule has 1 heterocycles. The summed E-state index contributed by atoms with van der Waals surface area (Å²) in [5.74, 6) is 0.665. The lowest BCUT2D eigenvalue weighted by Crippen LogP contribution is -2.44. The Balaban J connectivity index is 1.50. The normalized spacial score (nSPS) is 17.2. The Kier molecular flexibility index (Phi) is 7.64. The molecule has 0 bridgehead atoms. The molecule has 2 N–H and O–H groups in total. The number of aromatic hydroxyl groups is 1. The molecule has 1 amide bonds. The molecule has 194 valence electrons. The molecule has 0 atom stereocenters. The topological polar surface area (TPSA) is 85.6 Å². The summed E-state index contributed by atoms with van der Waals surface area (Å²) < 4.78 is 6.54. The van der Waals surface area contributed by atoms with Gasteiger partial charge in [0.2, 0.25) is 0 Å². The van der Waals surface area contributed by atoms with Crippen molar-refractivity contribution in [3.63, 3.8) is 0 Å². The average molecular weight is 526 g/mol. The molecule has 1 fully saturated rings. The van der Waals surface area contributed by atoms with Crippen LogP contribution in [0.1, 0.15) is 46.5 Å². The lowest BCUT2D eigenvalue weighted by Gasteiger charge is -2.37. The molecule has 7 heteroatoms. The highest BCUT2D eigenvalue weighted by Gasteiger charge is 2.32. The van der Waals surface area contributed by atoms with E-state index in [-0.39, 0.29) is 17.7 Å². The van der Waals surface area contributed by atoms with E-state index in [1.54, 1.807) is 19.2 Å². The zero-order chi connectivity index (χ0) is 26.6. The molecule has 1 aliphatic rings. The van der Waals surface area contributed by atoms with Crippen molar-refractivity contribution in [1.82, 2.24) is 10.2 Å². The molecule has 6 nitrogen and oxygen atoms in total. The van der Waals surface area contributed by atoms with E-state index in [0.29, 0.717) is 28.4 Å². The van der Waals surface area contributed by atoms with Crippen molar-refractivity contribution in [2.24, 2.45) is 0 Å². The van der Waals surface area contributed by atoms with Crippen LogP contribution in [0.3, 0.4) is 0 Å². The van der Waals surface area contributed by atoms with Crippen molar-refractivity contribution in [2.45, 2.75) is 44.3 Å². The number of rotatable bonds is 7. The third-order valence-corrected chi connectivity index (χ3v) is 8.66. The predicted octanol–water partition coefficient (Wildman–Crippen LogP) is 6.33. The lowest BCUT2D eigenvalue weighted by molar-refractivity contribution is 0.0603. The molecule has 1 aliphatic carbocycles. The maximum atomic E-state index is 14.0. The minimum atomic E-state index is -0.132. The summed E-state index contributed by atoms with van der Waals surface area (Å²) in [4.78, 5) is 16.4. The molecule has 1 saturated carbocycles. The van der Waals surface area contributed by atoms with E-state index < -0.39 is 0 Å². The Hall–Kier alpha value is -3.86. The van der Waals surface area contributed by atoms with Crippen LogP contribution in [0.5, 0.6) is 11.5 Å². The van der Waals surface area contributed by atoms with Gasteiger partial charge in [-0.25, -0.2) is 0 Å². The Bertz CT molecular complexity index is 1480. The Morgan fingerprint density at radius 3 is 2.50 bits per heavy atom. The highest BCUT2D eigenvalue weighted by atomic mass is 32.1. The Morgan fingerprint density at radius 1 is 1.11 bits per heavy atom. The zero-order valence-electron chi connectivity index (χ0n) is 21.6. The van der Waals surface area contributed by atoms with Gasteiger partial charge in [-0.15, -0.1) is 11.3 Å². The number of amides is 1. The molecule has 0 aliphatic heterocycles. The molecule has 0 spiro atoms. The van der Waals surface area contributed by atoms with Gasteiger partial charge in [0.05, 0.1) is 18.7 Å². The van der Waals surface area contributed by atoms with Crippen LogP contribution in [0.2, 0.25) is 0 Å². The van der Waals surface area contributed by atoms with Crippen molar-refractivity contribution < 1.29 is 14.6 Å². The fourth-order valence-electron chi connectivity index (χ4n) is 5.35. The number of nitriles is 1. The Labute approximate surface area is 227 Å². The summed E-state index contributed by atoms with van der Waals surface area (Å²) in [6, 6.07) is 23.7. The van der Waals surface area contributed by atoms with Crippen molar-refractivity contribution in [1.29, 1.82) is 5.26 Å². The standard InChI is InChI=1S/C31H31N3O3S/c1-33-23-12-14-24(15-13-23)34(31(36)30-29(35)25-5-3-4-6-28(25)38-30)19-21-9-16-27(37-2)26(17-21)22-10-7-20(18-32)8-11-22/h3-11,16-17,23-24,33,35H,12-15,19H2,1-2H3. The van der Waals surface area contributed by atoms with Crippen LogP contribution in [0.25, 0.3) is 21.2 Å². The number of ether oxygens (including phenoxy) is 1. The zero-order valence-corrected chi connectivity index (χ0v) is 22.4. The average Bonchev–Trinajstić information content (AvgIpc) is 3.32. The van der Waals surface area contributed by atoms with E-state index in [0.717, 1.165) is 52.8 Å². The summed E-state index contributed by atoms with van der Waals surface area (Å²) in [6.45, 7) is 0.425. The first-order chi connectivity index (χ1) is 18.5. The predicted molar refractivity (Wildman–Crippen MR) is 152 cm³/mol. The number of hydrogen-bond acceptors (Lipinski definition) is 6. The fraction of sp³-hybridized carbons (Fsp3) is 0.290. The number of methoxy groups -OCH3 is 1. The fourth-order valence-corrected chi connectivity index (χ4v) is 6.40. The molecule has 5 rings (SSSR count). The number of fused-ring (bicyclic) bond motifs is 1. The largest absolute Gasteiger partial charge is 0.506 e. The van der Waals surface area contributed by atoms with Crippen LogP contribution in [-0.2, 0) is 6.54 Å². The minimum Gasteiger partial charge on any atom is -0.506 e.